The van der Waals surface area contributed by atoms with Crippen molar-refractivity contribution in [2.75, 3.05) is 0 Å². The van der Waals surface area contributed by atoms with Crippen molar-refractivity contribution in [3.05, 3.63) is 77.8 Å². The molecule has 2 N–H and O–H groups in total. The van der Waals surface area contributed by atoms with Crippen LogP contribution < -0.4 is 5.32 Å². The summed E-state index contributed by atoms with van der Waals surface area (Å²) >= 11 is 0. The number of rotatable bonds is 5. The van der Waals surface area contributed by atoms with Gasteiger partial charge < -0.3 is 14.7 Å². The molecular formula is C16H13N3O3. The van der Waals surface area contributed by atoms with Crippen LogP contribution in [0.3, 0.4) is 0 Å². The van der Waals surface area contributed by atoms with Crippen LogP contribution in [0.4, 0.5) is 0 Å². The average molecular weight is 295 g/mol. The number of benzene rings is 1. The molecular weight excluding hydrogens is 282 g/mol. The number of amides is 1. The summed E-state index contributed by atoms with van der Waals surface area (Å²) < 4.78 is 5.16. The van der Waals surface area contributed by atoms with Crippen molar-refractivity contribution in [1.29, 1.82) is 0 Å². The number of carbonyl (C=O) groups is 2. The molecule has 0 aliphatic heterocycles. The summed E-state index contributed by atoms with van der Waals surface area (Å²) in [7, 11) is 0. The molecule has 2 aromatic heterocycles. The maximum atomic E-state index is 12.4. The molecule has 0 unspecified atom stereocenters. The van der Waals surface area contributed by atoms with Crippen LogP contribution in [0.2, 0.25) is 0 Å². The molecule has 3 rings (SSSR count). The Bertz CT molecular complexity index is 777. The smallest absolute Gasteiger partial charge is 0.252 e. The van der Waals surface area contributed by atoms with Gasteiger partial charge in [-0.05, 0) is 18.2 Å². The summed E-state index contributed by atoms with van der Waals surface area (Å²) in [5.74, 6) is 0.176. The molecule has 1 amide bonds. The van der Waals surface area contributed by atoms with Crippen molar-refractivity contribution in [3.8, 4) is 0 Å². The van der Waals surface area contributed by atoms with E-state index in [0.717, 1.165) is 0 Å². The van der Waals surface area contributed by atoms with Crippen molar-refractivity contribution in [2.45, 2.75) is 6.54 Å². The zero-order valence-electron chi connectivity index (χ0n) is 11.6. The number of nitrogens with zero attached hydrogens (tertiary/aromatic N) is 1. The largest absolute Gasteiger partial charge is 0.467 e. The monoisotopic (exact) mass is 295 g/mol. The van der Waals surface area contributed by atoms with Gasteiger partial charge in [-0.25, -0.2) is 4.98 Å². The van der Waals surface area contributed by atoms with Gasteiger partial charge in [-0.2, -0.15) is 0 Å². The molecule has 6 heteroatoms. The highest BCUT2D eigenvalue weighted by Crippen LogP contribution is 2.13. The first-order chi connectivity index (χ1) is 10.8. The van der Waals surface area contributed by atoms with Crippen molar-refractivity contribution < 1.29 is 14.0 Å². The molecule has 0 aliphatic rings. The molecule has 2 heterocycles. The van der Waals surface area contributed by atoms with Gasteiger partial charge in [-0.3, -0.25) is 9.59 Å². The van der Waals surface area contributed by atoms with Crippen LogP contribution in [-0.4, -0.2) is 21.7 Å². The van der Waals surface area contributed by atoms with Gasteiger partial charge in [0.2, 0.25) is 5.78 Å². The first-order valence-corrected chi connectivity index (χ1v) is 6.69. The molecule has 0 saturated heterocycles. The minimum Gasteiger partial charge on any atom is -0.467 e. The summed E-state index contributed by atoms with van der Waals surface area (Å²) in [5.41, 5.74) is 0.602. The molecule has 0 radical (unpaired) electrons. The lowest BCUT2D eigenvalue weighted by Crippen LogP contribution is -2.25. The fraction of sp³-hybridized carbons (Fsp3) is 0.0625. The van der Waals surface area contributed by atoms with E-state index in [4.69, 9.17) is 4.42 Å². The Hall–Kier alpha value is -3.15. The number of hydrogen-bond acceptors (Lipinski definition) is 4. The van der Waals surface area contributed by atoms with E-state index in [-0.39, 0.29) is 24.1 Å². The number of nitrogens with one attached hydrogen (secondary N) is 2. The van der Waals surface area contributed by atoms with Gasteiger partial charge in [0.05, 0.1) is 18.4 Å². The van der Waals surface area contributed by atoms with Gasteiger partial charge in [0.15, 0.2) is 5.82 Å². The molecule has 1 aromatic carbocycles. The molecule has 3 aromatic rings. The summed E-state index contributed by atoms with van der Waals surface area (Å²) in [5, 5.41) is 2.73. The highest BCUT2D eigenvalue weighted by Gasteiger charge is 2.19. The van der Waals surface area contributed by atoms with E-state index in [1.165, 1.54) is 12.5 Å². The minimum absolute atomic E-state index is 0.200. The molecule has 0 fully saturated rings. The predicted octanol–water partition coefficient (Wildman–Crippen LogP) is 2.16. The molecule has 0 saturated carbocycles. The van der Waals surface area contributed by atoms with Gasteiger partial charge in [-0.1, -0.05) is 18.2 Å². The Morgan fingerprint density at radius 2 is 1.95 bits per heavy atom. The average Bonchev–Trinajstić information content (AvgIpc) is 3.25. The van der Waals surface area contributed by atoms with Crippen LogP contribution in [0.1, 0.15) is 32.3 Å². The Labute approximate surface area is 126 Å². The Morgan fingerprint density at radius 1 is 1.14 bits per heavy atom. The van der Waals surface area contributed by atoms with E-state index >= 15 is 0 Å². The van der Waals surface area contributed by atoms with Crippen LogP contribution in [0.5, 0.6) is 0 Å². The zero-order valence-corrected chi connectivity index (χ0v) is 11.6. The predicted molar refractivity (Wildman–Crippen MR) is 78.3 cm³/mol. The number of ketones is 1. The molecule has 6 nitrogen and oxygen atoms in total. The second-order valence-corrected chi connectivity index (χ2v) is 4.57. The minimum atomic E-state index is -0.341. The van der Waals surface area contributed by atoms with E-state index in [1.54, 1.807) is 42.6 Å². The zero-order chi connectivity index (χ0) is 15.4. The number of aromatic amines is 1. The first kappa shape index (κ1) is 13.8. The maximum Gasteiger partial charge on any atom is 0.252 e. The third-order valence-electron chi connectivity index (χ3n) is 3.13. The van der Waals surface area contributed by atoms with Crippen molar-refractivity contribution in [1.82, 2.24) is 15.3 Å². The molecule has 110 valence electrons. The van der Waals surface area contributed by atoms with Gasteiger partial charge >= 0.3 is 0 Å². The summed E-state index contributed by atoms with van der Waals surface area (Å²) in [4.78, 5) is 31.3. The molecule has 0 atom stereocenters. The topological polar surface area (TPSA) is 88.0 Å². The summed E-state index contributed by atoms with van der Waals surface area (Å²) in [6.45, 7) is 0.259. The SMILES string of the molecule is O=C(NCc1ccco1)c1ccccc1C(=O)c1ncc[nH]1. The van der Waals surface area contributed by atoms with Crippen molar-refractivity contribution >= 4 is 11.7 Å². The fourth-order valence-corrected chi connectivity index (χ4v) is 2.07. The summed E-state index contributed by atoms with van der Waals surface area (Å²) in [6, 6.07) is 10.1. The van der Waals surface area contributed by atoms with Crippen LogP contribution >= 0.6 is 0 Å². The van der Waals surface area contributed by atoms with E-state index in [0.29, 0.717) is 16.9 Å². The van der Waals surface area contributed by atoms with Crippen LogP contribution in [0.25, 0.3) is 0 Å². The molecule has 0 spiro atoms. The summed E-state index contributed by atoms with van der Waals surface area (Å²) in [6.07, 6.45) is 4.59. The van der Waals surface area contributed by atoms with Gasteiger partial charge in [0, 0.05) is 18.0 Å². The highest BCUT2D eigenvalue weighted by molar-refractivity contribution is 6.13. The number of imidazole rings is 1. The van der Waals surface area contributed by atoms with Crippen LogP contribution in [0, 0.1) is 0 Å². The van der Waals surface area contributed by atoms with E-state index in [1.807, 2.05) is 0 Å². The van der Waals surface area contributed by atoms with E-state index < -0.39 is 0 Å². The van der Waals surface area contributed by atoms with Crippen molar-refractivity contribution in [3.63, 3.8) is 0 Å². The van der Waals surface area contributed by atoms with Gasteiger partial charge in [0.1, 0.15) is 5.76 Å². The second kappa shape index (κ2) is 6.09. The molecule has 22 heavy (non-hydrogen) atoms. The van der Waals surface area contributed by atoms with Crippen molar-refractivity contribution in [2.24, 2.45) is 0 Å². The lowest BCUT2D eigenvalue weighted by atomic mass is 10.0. The Morgan fingerprint density at radius 3 is 2.64 bits per heavy atom. The lowest BCUT2D eigenvalue weighted by Gasteiger charge is -2.07. The lowest BCUT2D eigenvalue weighted by molar-refractivity contribution is 0.0936. The van der Waals surface area contributed by atoms with E-state index in [2.05, 4.69) is 15.3 Å². The van der Waals surface area contributed by atoms with Gasteiger partial charge in [0.25, 0.3) is 5.91 Å². The highest BCUT2D eigenvalue weighted by atomic mass is 16.3. The first-order valence-electron chi connectivity index (χ1n) is 6.69. The Kier molecular flexibility index (Phi) is 3.82. The Balaban J connectivity index is 1.81. The van der Waals surface area contributed by atoms with Crippen LogP contribution in [0.15, 0.2) is 59.5 Å². The normalized spacial score (nSPS) is 10.4. The van der Waals surface area contributed by atoms with E-state index in [9.17, 15) is 9.59 Å². The molecule has 0 aliphatic carbocycles. The van der Waals surface area contributed by atoms with Crippen LogP contribution in [-0.2, 0) is 6.54 Å². The number of hydrogen-bond donors (Lipinski definition) is 2. The fourth-order valence-electron chi connectivity index (χ4n) is 2.07. The third-order valence-corrected chi connectivity index (χ3v) is 3.13. The molecule has 0 bridgehead atoms. The number of carbonyl (C=O) groups excluding carboxylic acids is 2. The number of H-pyrrole nitrogens is 1. The number of aromatic nitrogens is 2. The quantitative estimate of drug-likeness (QED) is 0.706. The second-order valence-electron chi connectivity index (χ2n) is 4.57. The maximum absolute atomic E-state index is 12.4. The van der Waals surface area contributed by atoms with Gasteiger partial charge in [-0.15, -0.1) is 0 Å². The standard InChI is InChI=1S/C16H13N3O3/c20-14(15-17-7-8-18-15)12-5-1-2-6-13(12)16(21)19-10-11-4-3-9-22-11/h1-9H,10H2,(H,17,18)(H,19,21). The third kappa shape index (κ3) is 2.80. The number of furan rings is 1.